The average molecular weight is 378 g/mol. The van der Waals surface area contributed by atoms with Crippen molar-refractivity contribution in [2.75, 3.05) is 44.2 Å². The van der Waals surface area contributed by atoms with Gasteiger partial charge in [-0.1, -0.05) is 17.7 Å². The fraction of sp³-hybridized carbons (Fsp3) is 0.650. The molecule has 1 aromatic carbocycles. The number of hydrogen-bond donors (Lipinski definition) is 1. The van der Waals surface area contributed by atoms with Crippen LogP contribution < -0.4 is 4.90 Å². The summed E-state index contributed by atoms with van der Waals surface area (Å²) < 4.78 is 0. The molecule has 142 valence electrons. The molecule has 3 heterocycles. The number of nitrogens with zero attached hydrogens (tertiary/aromatic N) is 3. The van der Waals surface area contributed by atoms with Gasteiger partial charge in [-0.2, -0.15) is 0 Å². The number of rotatable bonds is 3. The quantitative estimate of drug-likeness (QED) is 0.867. The van der Waals surface area contributed by atoms with Gasteiger partial charge in [0.1, 0.15) is 0 Å². The molecule has 0 saturated carbocycles. The van der Waals surface area contributed by atoms with Crippen LogP contribution in [0.4, 0.5) is 10.5 Å². The maximum Gasteiger partial charge on any atom is 0.407 e. The van der Waals surface area contributed by atoms with Crippen LogP contribution in [0.25, 0.3) is 0 Å². The van der Waals surface area contributed by atoms with Crippen LogP contribution in [-0.2, 0) is 6.54 Å². The van der Waals surface area contributed by atoms with Crippen molar-refractivity contribution in [2.24, 2.45) is 5.41 Å². The Morgan fingerprint density at radius 3 is 2.42 bits per heavy atom. The lowest BCUT2D eigenvalue weighted by Gasteiger charge is -2.54. The minimum atomic E-state index is -0.775. The third-order valence-electron chi connectivity index (χ3n) is 6.35. The van der Waals surface area contributed by atoms with Crippen LogP contribution in [0.3, 0.4) is 0 Å². The Morgan fingerprint density at radius 2 is 1.77 bits per heavy atom. The molecule has 0 aromatic heterocycles. The normalized spacial score (nSPS) is 23.1. The molecule has 0 unspecified atom stereocenters. The molecule has 26 heavy (non-hydrogen) atoms. The summed E-state index contributed by atoms with van der Waals surface area (Å²) in [5.41, 5.74) is 3.01. The summed E-state index contributed by atoms with van der Waals surface area (Å²) in [4.78, 5) is 17.6. The van der Waals surface area contributed by atoms with E-state index in [2.05, 4.69) is 21.9 Å². The van der Waals surface area contributed by atoms with Crippen molar-refractivity contribution >= 4 is 23.4 Å². The largest absolute Gasteiger partial charge is 0.465 e. The molecule has 5 nitrogen and oxygen atoms in total. The molecule has 0 atom stereocenters. The fourth-order valence-corrected chi connectivity index (χ4v) is 5.01. The summed E-state index contributed by atoms with van der Waals surface area (Å²) in [5, 5.41) is 9.94. The highest BCUT2D eigenvalue weighted by atomic mass is 35.5. The van der Waals surface area contributed by atoms with Crippen LogP contribution in [0, 0.1) is 5.41 Å². The number of hydrogen-bond acceptors (Lipinski definition) is 3. The number of likely N-dealkylation sites (tertiary alicyclic amines) is 2. The Hall–Kier alpha value is -1.46. The minimum absolute atomic E-state index is 0.337. The number of benzene rings is 1. The Morgan fingerprint density at radius 1 is 1.08 bits per heavy atom. The summed E-state index contributed by atoms with van der Waals surface area (Å²) in [5.74, 6) is 0. The zero-order chi connectivity index (χ0) is 18.1. The zero-order valence-electron chi connectivity index (χ0n) is 15.3. The molecule has 1 amide bonds. The maximum absolute atomic E-state index is 11.1. The van der Waals surface area contributed by atoms with Crippen LogP contribution in [0.2, 0.25) is 5.02 Å². The molecule has 1 N–H and O–H groups in total. The van der Waals surface area contributed by atoms with E-state index in [1.54, 1.807) is 4.90 Å². The SMILES string of the molecule is O=C(O)N1CCC2(CC1)CN(Cc1ccc(Cl)cc1N1CCCCC1)C2. The monoisotopic (exact) mass is 377 g/mol. The van der Waals surface area contributed by atoms with Crippen molar-refractivity contribution in [1.82, 2.24) is 9.80 Å². The predicted octanol–water partition coefficient (Wildman–Crippen LogP) is 3.91. The van der Waals surface area contributed by atoms with Gasteiger partial charge in [0.05, 0.1) is 0 Å². The van der Waals surface area contributed by atoms with Gasteiger partial charge in [-0.05, 0) is 55.2 Å². The number of carbonyl (C=O) groups is 1. The lowest BCUT2D eigenvalue weighted by atomic mass is 9.72. The third kappa shape index (κ3) is 3.65. The van der Waals surface area contributed by atoms with Crippen LogP contribution in [0.5, 0.6) is 0 Å². The molecular weight excluding hydrogens is 350 g/mol. The molecule has 0 bridgehead atoms. The first-order valence-electron chi connectivity index (χ1n) is 9.78. The molecule has 3 aliphatic heterocycles. The summed E-state index contributed by atoms with van der Waals surface area (Å²) in [6.07, 6.45) is 5.07. The molecule has 3 aliphatic rings. The second-order valence-corrected chi connectivity index (χ2v) is 8.67. The molecule has 3 saturated heterocycles. The van der Waals surface area contributed by atoms with E-state index >= 15 is 0 Å². The number of piperidine rings is 2. The van der Waals surface area contributed by atoms with E-state index in [1.807, 2.05) is 6.07 Å². The average Bonchev–Trinajstić information content (AvgIpc) is 2.63. The molecule has 0 aliphatic carbocycles. The van der Waals surface area contributed by atoms with Gasteiger partial charge in [0.25, 0.3) is 0 Å². The highest BCUT2D eigenvalue weighted by Crippen LogP contribution is 2.42. The van der Waals surface area contributed by atoms with E-state index in [9.17, 15) is 4.79 Å². The molecule has 3 fully saturated rings. The van der Waals surface area contributed by atoms with Crippen molar-refractivity contribution < 1.29 is 9.90 Å². The van der Waals surface area contributed by atoms with Gasteiger partial charge >= 0.3 is 6.09 Å². The van der Waals surface area contributed by atoms with Gasteiger partial charge in [0.15, 0.2) is 0 Å². The molecule has 4 rings (SSSR count). The predicted molar refractivity (Wildman–Crippen MR) is 104 cm³/mol. The standard InChI is InChI=1S/C20H28ClN3O2/c21-17-5-4-16(18(12-17)23-8-2-1-3-9-23)13-22-14-20(15-22)6-10-24(11-7-20)19(25)26/h4-5,12H,1-3,6-11,13-15H2,(H,25,26). The van der Waals surface area contributed by atoms with Gasteiger partial charge < -0.3 is 14.9 Å². The lowest BCUT2D eigenvalue weighted by Crippen LogP contribution is -2.60. The smallest absolute Gasteiger partial charge is 0.407 e. The van der Waals surface area contributed by atoms with Crippen molar-refractivity contribution in [1.29, 1.82) is 0 Å². The third-order valence-corrected chi connectivity index (χ3v) is 6.59. The van der Waals surface area contributed by atoms with Crippen molar-refractivity contribution in [3.63, 3.8) is 0 Å². The van der Waals surface area contributed by atoms with E-state index < -0.39 is 6.09 Å². The maximum atomic E-state index is 11.1. The van der Waals surface area contributed by atoms with Crippen LogP contribution in [0.15, 0.2) is 18.2 Å². The van der Waals surface area contributed by atoms with E-state index in [0.29, 0.717) is 18.5 Å². The topological polar surface area (TPSA) is 47.0 Å². The molecular formula is C20H28ClN3O2. The number of anilines is 1. The van der Waals surface area contributed by atoms with Gasteiger partial charge in [0.2, 0.25) is 0 Å². The first kappa shape index (κ1) is 17.9. The summed E-state index contributed by atoms with van der Waals surface area (Å²) in [7, 11) is 0. The fourth-order valence-electron chi connectivity index (χ4n) is 4.84. The van der Waals surface area contributed by atoms with Gasteiger partial charge in [-0.15, -0.1) is 0 Å². The highest BCUT2D eigenvalue weighted by Gasteiger charge is 2.45. The second kappa shape index (κ2) is 7.28. The second-order valence-electron chi connectivity index (χ2n) is 8.24. The molecule has 1 aromatic rings. The van der Waals surface area contributed by atoms with Crippen LogP contribution >= 0.6 is 11.6 Å². The summed E-state index contributed by atoms with van der Waals surface area (Å²) >= 11 is 6.28. The molecule has 6 heteroatoms. The van der Waals surface area contributed by atoms with Gasteiger partial charge in [-0.25, -0.2) is 4.79 Å². The zero-order valence-corrected chi connectivity index (χ0v) is 16.0. The summed E-state index contributed by atoms with van der Waals surface area (Å²) in [6, 6.07) is 6.32. The highest BCUT2D eigenvalue weighted by molar-refractivity contribution is 6.30. The lowest BCUT2D eigenvalue weighted by molar-refractivity contribution is -0.0471. The van der Waals surface area contributed by atoms with Crippen molar-refractivity contribution in [2.45, 2.75) is 38.6 Å². The van der Waals surface area contributed by atoms with E-state index in [4.69, 9.17) is 16.7 Å². The van der Waals surface area contributed by atoms with Crippen molar-refractivity contribution in [3.8, 4) is 0 Å². The van der Waals surface area contributed by atoms with Crippen molar-refractivity contribution in [3.05, 3.63) is 28.8 Å². The number of amides is 1. The van der Waals surface area contributed by atoms with Gasteiger partial charge in [0, 0.05) is 56.5 Å². The Balaban J connectivity index is 1.38. The Kier molecular flexibility index (Phi) is 5.02. The summed E-state index contributed by atoms with van der Waals surface area (Å²) in [6.45, 7) is 6.76. The Bertz CT molecular complexity index is 659. The first-order chi connectivity index (χ1) is 12.5. The molecule has 1 spiro atoms. The van der Waals surface area contributed by atoms with E-state index in [0.717, 1.165) is 50.6 Å². The van der Waals surface area contributed by atoms with Crippen LogP contribution in [0.1, 0.15) is 37.7 Å². The minimum Gasteiger partial charge on any atom is -0.465 e. The van der Waals surface area contributed by atoms with Gasteiger partial charge in [-0.3, -0.25) is 4.90 Å². The molecule has 0 radical (unpaired) electrons. The first-order valence-corrected chi connectivity index (χ1v) is 10.2. The number of halogens is 1. The Labute approximate surface area is 160 Å². The van der Waals surface area contributed by atoms with Crippen LogP contribution in [-0.4, -0.2) is 60.3 Å². The number of carboxylic acid groups (broad SMARTS) is 1. The van der Waals surface area contributed by atoms with E-state index in [1.165, 1.54) is 30.5 Å². The van der Waals surface area contributed by atoms with E-state index in [-0.39, 0.29) is 0 Å².